The second kappa shape index (κ2) is 10.4. The molecule has 3 rings (SSSR count). The Morgan fingerprint density at radius 2 is 1.63 bits per heavy atom. The van der Waals surface area contributed by atoms with Crippen LogP contribution in [-0.2, 0) is 0 Å². The van der Waals surface area contributed by atoms with Gasteiger partial charge in [0.05, 0.1) is 5.56 Å². The number of aromatic nitrogens is 1. The number of aromatic hydroxyl groups is 1. The highest BCUT2D eigenvalue weighted by Crippen LogP contribution is 2.21. The van der Waals surface area contributed by atoms with Crippen molar-refractivity contribution in [3.05, 3.63) is 82.5 Å². The normalized spacial score (nSPS) is 10.3. The first kappa shape index (κ1) is 21.3. The zero-order chi connectivity index (χ0) is 21.3. The number of nitrogens with one attached hydrogen (secondary N) is 2. The zero-order valence-electron chi connectivity index (χ0n) is 16.0. The van der Waals surface area contributed by atoms with Crippen molar-refractivity contribution < 1.29 is 19.4 Å². The molecule has 1 aromatic heterocycles. The van der Waals surface area contributed by atoms with E-state index < -0.39 is 0 Å². The Hall–Kier alpha value is -3.39. The standard InChI is InChI=1S/C22H20BrN3O4/c23-17-6-8-19(9-7-17)30-20-10-5-16(14-26-20)22(29)25-12-2-11-24-21(28)15-3-1-4-18(27)13-15/h1,3-10,13-14,27H,2,11-12H2,(H,24,28)(H,25,29). The molecule has 7 nitrogen and oxygen atoms in total. The van der Waals surface area contributed by atoms with Crippen molar-refractivity contribution in [2.45, 2.75) is 6.42 Å². The van der Waals surface area contributed by atoms with Crippen LogP contribution in [0.5, 0.6) is 17.4 Å². The van der Waals surface area contributed by atoms with Gasteiger partial charge in [0, 0.05) is 35.4 Å². The number of halogens is 1. The third-order valence-corrected chi connectivity index (χ3v) is 4.60. The molecule has 3 aromatic rings. The van der Waals surface area contributed by atoms with Crippen LogP contribution in [0.4, 0.5) is 0 Å². The topological polar surface area (TPSA) is 101 Å². The molecule has 0 unspecified atom stereocenters. The van der Waals surface area contributed by atoms with Gasteiger partial charge in [-0.05, 0) is 55.0 Å². The Morgan fingerprint density at radius 3 is 2.27 bits per heavy atom. The Kier molecular flexibility index (Phi) is 7.40. The predicted octanol–water partition coefficient (Wildman–Crippen LogP) is 3.89. The molecule has 8 heteroatoms. The lowest BCUT2D eigenvalue weighted by Crippen LogP contribution is -2.29. The summed E-state index contributed by atoms with van der Waals surface area (Å²) in [5.74, 6) is 0.552. The number of amides is 2. The van der Waals surface area contributed by atoms with E-state index in [2.05, 4.69) is 31.5 Å². The molecule has 2 aromatic carbocycles. The molecule has 0 aliphatic heterocycles. The van der Waals surface area contributed by atoms with E-state index in [0.717, 1.165) is 4.47 Å². The average Bonchev–Trinajstić information content (AvgIpc) is 2.75. The second-order valence-corrected chi connectivity index (χ2v) is 7.27. The van der Waals surface area contributed by atoms with Crippen LogP contribution in [0.15, 0.2) is 71.3 Å². The number of nitrogens with zero attached hydrogens (tertiary/aromatic N) is 1. The van der Waals surface area contributed by atoms with Crippen molar-refractivity contribution in [2.24, 2.45) is 0 Å². The number of phenolic OH excluding ortho intramolecular Hbond substituents is 1. The fourth-order valence-corrected chi connectivity index (χ4v) is 2.81. The van der Waals surface area contributed by atoms with Crippen LogP contribution < -0.4 is 15.4 Å². The molecule has 0 aliphatic carbocycles. The molecule has 2 amide bonds. The van der Waals surface area contributed by atoms with Crippen molar-refractivity contribution in [3.63, 3.8) is 0 Å². The van der Waals surface area contributed by atoms with Gasteiger partial charge >= 0.3 is 0 Å². The molecule has 3 N–H and O–H groups in total. The van der Waals surface area contributed by atoms with Crippen molar-refractivity contribution >= 4 is 27.7 Å². The summed E-state index contributed by atoms with van der Waals surface area (Å²) in [5.41, 5.74) is 0.803. The van der Waals surface area contributed by atoms with E-state index in [9.17, 15) is 14.7 Å². The summed E-state index contributed by atoms with van der Waals surface area (Å²) < 4.78 is 6.58. The third kappa shape index (κ3) is 6.31. The van der Waals surface area contributed by atoms with Crippen LogP contribution in [-0.4, -0.2) is 35.0 Å². The summed E-state index contributed by atoms with van der Waals surface area (Å²) in [4.78, 5) is 28.3. The van der Waals surface area contributed by atoms with Crippen LogP contribution in [0.25, 0.3) is 0 Å². The largest absolute Gasteiger partial charge is 0.508 e. The van der Waals surface area contributed by atoms with Crippen LogP contribution in [0.3, 0.4) is 0 Å². The van der Waals surface area contributed by atoms with E-state index in [1.54, 1.807) is 24.3 Å². The molecule has 30 heavy (non-hydrogen) atoms. The van der Waals surface area contributed by atoms with Gasteiger partial charge in [-0.25, -0.2) is 4.98 Å². The van der Waals surface area contributed by atoms with Gasteiger partial charge in [0.15, 0.2) is 0 Å². The molecule has 0 radical (unpaired) electrons. The van der Waals surface area contributed by atoms with Crippen molar-refractivity contribution in [3.8, 4) is 17.4 Å². The van der Waals surface area contributed by atoms with Crippen molar-refractivity contribution in [1.82, 2.24) is 15.6 Å². The lowest BCUT2D eigenvalue weighted by Gasteiger charge is -2.08. The quantitative estimate of drug-likeness (QED) is 0.434. The predicted molar refractivity (Wildman–Crippen MR) is 116 cm³/mol. The van der Waals surface area contributed by atoms with Crippen LogP contribution in [0.1, 0.15) is 27.1 Å². The minimum absolute atomic E-state index is 0.0387. The van der Waals surface area contributed by atoms with Crippen LogP contribution in [0, 0.1) is 0 Å². The van der Waals surface area contributed by atoms with E-state index in [4.69, 9.17) is 4.74 Å². The number of hydrogen-bond donors (Lipinski definition) is 3. The molecule has 0 spiro atoms. The van der Waals surface area contributed by atoms with Gasteiger partial charge < -0.3 is 20.5 Å². The van der Waals surface area contributed by atoms with Gasteiger partial charge in [0.1, 0.15) is 11.5 Å². The summed E-state index contributed by atoms with van der Waals surface area (Å²) >= 11 is 3.36. The fraction of sp³-hybridized carbons (Fsp3) is 0.136. The van der Waals surface area contributed by atoms with E-state index in [0.29, 0.717) is 42.3 Å². The molecule has 0 saturated carbocycles. The average molecular weight is 470 g/mol. The van der Waals surface area contributed by atoms with Gasteiger partial charge in [-0.2, -0.15) is 0 Å². The Balaban J connectivity index is 1.39. The Labute approximate surface area is 182 Å². The van der Waals surface area contributed by atoms with Crippen molar-refractivity contribution in [2.75, 3.05) is 13.1 Å². The van der Waals surface area contributed by atoms with Gasteiger partial charge in [0.2, 0.25) is 5.88 Å². The third-order valence-electron chi connectivity index (χ3n) is 4.07. The SMILES string of the molecule is O=C(NCCCNC(=O)c1cccc(O)c1)c1ccc(Oc2ccc(Br)cc2)nc1. The summed E-state index contributed by atoms with van der Waals surface area (Å²) in [6.07, 6.45) is 2.02. The molecule has 154 valence electrons. The fourth-order valence-electron chi connectivity index (χ4n) is 2.54. The number of rotatable bonds is 8. The van der Waals surface area contributed by atoms with E-state index in [1.165, 1.54) is 18.3 Å². The number of hydrogen-bond acceptors (Lipinski definition) is 5. The molecular weight excluding hydrogens is 450 g/mol. The maximum atomic E-state index is 12.2. The lowest BCUT2D eigenvalue weighted by atomic mass is 10.2. The first-order valence-corrected chi connectivity index (χ1v) is 10.1. The number of ether oxygens (including phenoxy) is 1. The minimum atomic E-state index is -0.275. The molecule has 0 bridgehead atoms. The van der Waals surface area contributed by atoms with Gasteiger partial charge in [0.25, 0.3) is 11.8 Å². The zero-order valence-corrected chi connectivity index (χ0v) is 17.6. The molecular formula is C22H20BrN3O4. The van der Waals surface area contributed by atoms with Crippen LogP contribution >= 0.6 is 15.9 Å². The summed E-state index contributed by atoms with van der Waals surface area (Å²) in [5, 5.41) is 14.9. The number of carbonyl (C=O) groups excluding carboxylic acids is 2. The Morgan fingerprint density at radius 1 is 0.933 bits per heavy atom. The highest BCUT2D eigenvalue weighted by Gasteiger charge is 2.08. The molecule has 0 fully saturated rings. The first-order valence-electron chi connectivity index (χ1n) is 9.26. The summed E-state index contributed by atoms with van der Waals surface area (Å²) in [6.45, 7) is 0.795. The van der Waals surface area contributed by atoms with Crippen molar-refractivity contribution in [1.29, 1.82) is 0 Å². The number of benzene rings is 2. The smallest absolute Gasteiger partial charge is 0.252 e. The molecule has 1 heterocycles. The summed E-state index contributed by atoms with van der Waals surface area (Å²) in [6, 6.07) is 16.7. The number of carbonyl (C=O) groups is 2. The van der Waals surface area contributed by atoms with Gasteiger partial charge in [-0.3, -0.25) is 9.59 Å². The van der Waals surface area contributed by atoms with Gasteiger partial charge in [-0.15, -0.1) is 0 Å². The van der Waals surface area contributed by atoms with E-state index in [1.807, 2.05) is 24.3 Å². The Bertz CT molecular complexity index is 1010. The summed E-state index contributed by atoms with van der Waals surface area (Å²) in [7, 11) is 0. The molecule has 0 atom stereocenters. The number of pyridine rings is 1. The highest BCUT2D eigenvalue weighted by molar-refractivity contribution is 9.10. The highest BCUT2D eigenvalue weighted by atomic mass is 79.9. The maximum absolute atomic E-state index is 12.2. The number of phenols is 1. The monoisotopic (exact) mass is 469 g/mol. The lowest BCUT2D eigenvalue weighted by molar-refractivity contribution is 0.0951. The van der Waals surface area contributed by atoms with Gasteiger partial charge in [-0.1, -0.05) is 22.0 Å². The molecule has 0 saturated heterocycles. The molecule has 0 aliphatic rings. The first-order chi connectivity index (χ1) is 14.5. The van der Waals surface area contributed by atoms with E-state index >= 15 is 0 Å². The maximum Gasteiger partial charge on any atom is 0.252 e. The minimum Gasteiger partial charge on any atom is -0.508 e. The van der Waals surface area contributed by atoms with E-state index in [-0.39, 0.29) is 17.6 Å². The second-order valence-electron chi connectivity index (χ2n) is 6.36. The van der Waals surface area contributed by atoms with Crippen LogP contribution in [0.2, 0.25) is 0 Å².